The maximum Gasteiger partial charge on any atom is 0.354 e. The van der Waals surface area contributed by atoms with Gasteiger partial charge in [0.2, 0.25) is 0 Å². The van der Waals surface area contributed by atoms with Gasteiger partial charge in [-0.05, 0) is 18.2 Å². The van der Waals surface area contributed by atoms with Crippen LogP contribution in [0.25, 0.3) is 22.0 Å². The summed E-state index contributed by atoms with van der Waals surface area (Å²) in [6, 6.07) is 10.8. The predicted molar refractivity (Wildman–Crippen MR) is 59.1 cm³/mol. The van der Waals surface area contributed by atoms with Crippen LogP contribution < -0.4 is 5.63 Å². The Morgan fingerprint density at radius 1 is 1.25 bits per heavy atom. The van der Waals surface area contributed by atoms with Gasteiger partial charge in [0.25, 0.3) is 0 Å². The Balaban J connectivity index is 2.57. The first-order valence-corrected chi connectivity index (χ1v) is 4.74. The fourth-order valence-corrected chi connectivity index (χ4v) is 1.78. The highest BCUT2D eigenvalue weighted by molar-refractivity contribution is 6.03. The number of hydrogen-bond donors (Lipinski definition) is 1. The van der Waals surface area contributed by atoms with Crippen LogP contribution in [0.2, 0.25) is 0 Å². The van der Waals surface area contributed by atoms with E-state index >= 15 is 0 Å². The summed E-state index contributed by atoms with van der Waals surface area (Å²) < 4.78 is 5.13. The monoisotopic (exact) mass is 210 g/mol. The van der Waals surface area contributed by atoms with Crippen LogP contribution in [0.15, 0.2) is 39.5 Å². The predicted octanol–water partition coefficient (Wildman–Crippen LogP) is 2.15. The molecule has 0 radical (unpaired) electrons. The van der Waals surface area contributed by atoms with E-state index < -0.39 is 5.63 Å². The molecule has 0 bridgehead atoms. The van der Waals surface area contributed by atoms with Crippen LogP contribution in [-0.2, 0) is 0 Å². The van der Waals surface area contributed by atoms with Gasteiger partial charge in [-0.3, -0.25) is 0 Å². The van der Waals surface area contributed by atoms with Crippen LogP contribution in [0.5, 0.6) is 0 Å². The van der Waals surface area contributed by atoms with Crippen molar-refractivity contribution in [2.45, 2.75) is 0 Å². The molecule has 0 unspecified atom stereocenters. The third-order valence-electron chi connectivity index (χ3n) is 2.51. The number of nitriles is 1. The van der Waals surface area contributed by atoms with E-state index in [4.69, 9.17) is 9.68 Å². The zero-order valence-electron chi connectivity index (χ0n) is 8.15. The molecule has 3 aromatic rings. The zero-order chi connectivity index (χ0) is 11.1. The molecule has 0 aliphatic heterocycles. The number of rotatable bonds is 0. The van der Waals surface area contributed by atoms with Gasteiger partial charge in [0, 0.05) is 10.9 Å². The summed E-state index contributed by atoms with van der Waals surface area (Å²) >= 11 is 0. The standard InChI is InChI=1S/C12H6N2O2/c13-6-7-5-10-11(16-12(7)15)8-3-1-2-4-9(8)14-10/h1-5,14H. The molecule has 0 atom stereocenters. The Kier molecular flexibility index (Phi) is 1.62. The van der Waals surface area contributed by atoms with Gasteiger partial charge < -0.3 is 9.40 Å². The van der Waals surface area contributed by atoms with Crippen LogP contribution in [-0.4, -0.2) is 4.98 Å². The Morgan fingerprint density at radius 2 is 2.06 bits per heavy atom. The lowest BCUT2D eigenvalue weighted by molar-refractivity contribution is 0.561. The Hall–Kier alpha value is -2.54. The number of aromatic nitrogens is 1. The minimum absolute atomic E-state index is 0.0130. The zero-order valence-corrected chi connectivity index (χ0v) is 8.15. The van der Waals surface area contributed by atoms with Gasteiger partial charge in [-0.2, -0.15) is 5.26 Å². The van der Waals surface area contributed by atoms with Gasteiger partial charge in [-0.15, -0.1) is 0 Å². The summed E-state index contributed by atoms with van der Waals surface area (Å²) in [7, 11) is 0. The molecular formula is C12H6N2O2. The van der Waals surface area contributed by atoms with Crippen molar-refractivity contribution in [2.75, 3.05) is 0 Å². The largest absolute Gasteiger partial charge is 0.419 e. The lowest BCUT2D eigenvalue weighted by Crippen LogP contribution is -2.02. The third kappa shape index (κ3) is 1.06. The second kappa shape index (κ2) is 2.97. The van der Waals surface area contributed by atoms with E-state index in [1.54, 1.807) is 6.07 Å². The van der Waals surface area contributed by atoms with Gasteiger partial charge in [0.1, 0.15) is 11.6 Å². The highest BCUT2D eigenvalue weighted by Gasteiger charge is 2.09. The number of nitrogens with zero attached hydrogens (tertiary/aromatic N) is 1. The first-order valence-electron chi connectivity index (χ1n) is 4.74. The molecule has 0 fully saturated rings. The van der Waals surface area contributed by atoms with Crippen molar-refractivity contribution >= 4 is 22.0 Å². The fourth-order valence-electron chi connectivity index (χ4n) is 1.78. The first kappa shape index (κ1) is 8.74. The van der Waals surface area contributed by atoms with Gasteiger partial charge in [0.05, 0.1) is 5.52 Å². The molecule has 0 amide bonds. The first-order chi connectivity index (χ1) is 7.79. The summed E-state index contributed by atoms with van der Waals surface area (Å²) in [6.07, 6.45) is 0. The second-order valence-electron chi connectivity index (χ2n) is 3.47. The Labute approximate surface area is 89.7 Å². The molecule has 1 N–H and O–H groups in total. The van der Waals surface area contributed by atoms with E-state index in [1.807, 2.05) is 24.3 Å². The Bertz CT molecular complexity index is 790. The van der Waals surface area contributed by atoms with Crippen LogP contribution in [0.3, 0.4) is 0 Å². The molecule has 2 aromatic heterocycles. The second-order valence-corrected chi connectivity index (χ2v) is 3.47. The molecule has 0 aliphatic rings. The van der Waals surface area contributed by atoms with Crippen molar-refractivity contribution in [1.29, 1.82) is 5.26 Å². The molecule has 3 rings (SSSR count). The number of aromatic amines is 1. The van der Waals surface area contributed by atoms with Crippen molar-refractivity contribution in [3.63, 3.8) is 0 Å². The van der Waals surface area contributed by atoms with Gasteiger partial charge in [0.15, 0.2) is 5.58 Å². The highest BCUT2D eigenvalue weighted by atomic mass is 16.4. The lowest BCUT2D eigenvalue weighted by atomic mass is 10.2. The average molecular weight is 210 g/mol. The molecule has 4 heteroatoms. The Morgan fingerprint density at radius 3 is 2.88 bits per heavy atom. The van der Waals surface area contributed by atoms with Crippen LogP contribution >= 0.6 is 0 Å². The van der Waals surface area contributed by atoms with E-state index in [9.17, 15) is 4.79 Å². The molecule has 1 aromatic carbocycles. The maximum atomic E-state index is 11.4. The van der Waals surface area contributed by atoms with Crippen LogP contribution in [0.1, 0.15) is 5.56 Å². The smallest absolute Gasteiger partial charge is 0.354 e. The van der Waals surface area contributed by atoms with E-state index in [0.29, 0.717) is 11.1 Å². The highest BCUT2D eigenvalue weighted by Crippen LogP contribution is 2.23. The van der Waals surface area contributed by atoms with E-state index in [2.05, 4.69) is 4.98 Å². The summed E-state index contributed by atoms with van der Waals surface area (Å²) in [5.74, 6) is 0. The SMILES string of the molecule is N#Cc1cc2[nH]c3ccccc3c2oc1=O. The van der Waals surface area contributed by atoms with Gasteiger partial charge >= 0.3 is 5.63 Å². The number of para-hydroxylation sites is 1. The quantitative estimate of drug-likeness (QED) is 0.618. The van der Waals surface area contributed by atoms with Gasteiger partial charge in [-0.1, -0.05) is 12.1 Å². The average Bonchev–Trinajstić information content (AvgIpc) is 2.66. The van der Waals surface area contributed by atoms with Crippen molar-refractivity contribution in [1.82, 2.24) is 4.98 Å². The van der Waals surface area contributed by atoms with Crippen LogP contribution in [0.4, 0.5) is 0 Å². The lowest BCUT2D eigenvalue weighted by Gasteiger charge is -1.89. The summed E-state index contributed by atoms with van der Waals surface area (Å²) in [6.45, 7) is 0. The minimum Gasteiger partial charge on any atom is -0.419 e. The van der Waals surface area contributed by atoms with Crippen molar-refractivity contribution in [3.8, 4) is 6.07 Å². The molecule has 0 spiro atoms. The normalized spacial score (nSPS) is 10.7. The number of benzene rings is 1. The number of fused-ring (bicyclic) bond motifs is 3. The summed E-state index contributed by atoms with van der Waals surface area (Å²) in [4.78, 5) is 14.5. The molecule has 0 saturated carbocycles. The van der Waals surface area contributed by atoms with Gasteiger partial charge in [-0.25, -0.2) is 4.79 Å². The molecule has 0 saturated heterocycles. The van der Waals surface area contributed by atoms with Crippen molar-refractivity contribution in [3.05, 3.63) is 46.3 Å². The third-order valence-corrected chi connectivity index (χ3v) is 2.51. The topological polar surface area (TPSA) is 69.8 Å². The molecule has 76 valence electrons. The summed E-state index contributed by atoms with van der Waals surface area (Å²) in [5, 5.41) is 9.58. The number of hydrogen-bond acceptors (Lipinski definition) is 3. The summed E-state index contributed by atoms with van der Waals surface area (Å²) in [5.41, 5.74) is 1.46. The molecular weight excluding hydrogens is 204 g/mol. The molecule has 16 heavy (non-hydrogen) atoms. The van der Waals surface area contributed by atoms with Crippen molar-refractivity contribution < 1.29 is 4.42 Å². The molecule has 4 nitrogen and oxygen atoms in total. The number of H-pyrrole nitrogens is 1. The number of nitrogens with one attached hydrogen (secondary N) is 1. The minimum atomic E-state index is -0.597. The van der Waals surface area contributed by atoms with Crippen molar-refractivity contribution in [2.24, 2.45) is 0 Å². The van der Waals surface area contributed by atoms with E-state index in [1.165, 1.54) is 6.07 Å². The fraction of sp³-hybridized carbons (Fsp3) is 0. The van der Waals surface area contributed by atoms with E-state index in [0.717, 1.165) is 10.9 Å². The molecule has 2 heterocycles. The van der Waals surface area contributed by atoms with E-state index in [-0.39, 0.29) is 5.56 Å². The molecule has 0 aliphatic carbocycles. The maximum absolute atomic E-state index is 11.4. The van der Waals surface area contributed by atoms with Crippen LogP contribution in [0, 0.1) is 11.3 Å².